The van der Waals surface area contributed by atoms with Crippen molar-refractivity contribution in [2.45, 2.75) is 86.0 Å². The van der Waals surface area contributed by atoms with Gasteiger partial charge in [-0.15, -0.1) is 0 Å². The maximum absolute atomic E-state index is 13.6. The predicted octanol–water partition coefficient (Wildman–Crippen LogP) is -4.95. The summed E-state index contributed by atoms with van der Waals surface area (Å²) in [4.78, 5) is 13.6. The number of phenolic OH excluding ortho intramolecular Hbond substituents is 2. The summed E-state index contributed by atoms with van der Waals surface area (Å²) < 4.78 is 38.5. The van der Waals surface area contributed by atoms with Crippen LogP contribution in [0, 0.1) is 0 Å². The van der Waals surface area contributed by atoms with Crippen molar-refractivity contribution in [2.24, 2.45) is 0 Å². The van der Waals surface area contributed by atoms with E-state index in [0.717, 1.165) is 6.07 Å². The lowest BCUT2D eigenvalue weighted by molar-refractivity contribution is -0.277. The van der Waals surface area contributed by atoms with Gasteiger partial charge in [0.25, 0.3) is 0 Å². The van der Waals surface area contributed by atoms with Crippen LogP contribution < -0.4 is 19.6 Å². The van der Waals surface area contributed by atoms with E-state index in [4.69, 9.17) is 32.8 Å². The summed E-state index contributed by atoms with van der Waals surface area (Å²) >= 11 is 0. The molecule has 0 radical (unpaired) electrons. The molecule has 0 bridgehead atoms. The van der Waals surface area contributed by atoms with Crippen LogP contribution in [0.15, 0.2) is 39.5 Å². The van der Waals surface area contributed by atoms with Crippen LogP contribution in [0.2, 0.25) is 0 Å². The molecule has 292 valence electrons. The van der Waals surface area contributed by atoms with E-state index in [9.17, 15) is 71.2 Å². The molecule has 1 aromatic heterocycles. The van der Waals surface area contributed by atoms with Gasteiger partial charge in [-0.1, -0.05) is 0 Å². The van der Waals surface area contributed by atoms with Gasteiger partial charge in [-0.05, 0) is 24.3 Å². The average Bonchev–Trinajstić information content (AvgIpc) is 3.15. The summed E-state index contributed by atoms with van der Waals surface area (Å²) in [7, 11) is 0. The molecule has 21 heteroatoms. The summed E-state index contributed by atoms with van der Waals surface area (Å²) in [6.45, 7) is -2.10. The van der Waals surface area contributed by atoms with E-state index in [0.29, 0.717) is 0 Å². The summed E-state index contributed by atoms with van der Waals surface area (Å²) in [5.41, 5.74) is -1.51. The Labute approximate surface area is 296 Å². The van der Waals surface area contributed by atoms with Crippen LogP contribution in [0.4, 0.5) is 0 Å². The van der Waals surface area contributed by atoms with Gasteiger partial charge in [0.1, 0.15) is 84.0 Å². The normalized spacial score (nSPS) is 36.3. The quantitative estimate of drug-likeness (QED) is 0.0972. The fourth-order valence-corrected chi connectivity index (χ4v) is 5.95. The van der Waals surface area contributed by atoms with Gasteiger partial charge in [0.05, 0.1) is 19.8 Å². The zero-order valence-corrected chi connectivity index (χ0v) is 27.2. The molecule has 3 aliphatic heterocycles. The van der Waals surface area contributed by atoms with Crippen LogP contribution in [0.3, 0.4) is 0 Å². The molecular weight excluding hydrogens is 720 g/mol. The van der Waals surface area contributed by atoms with Crippen LogP contribution in [-0.2, 0) is 14.2 Å². The van der Waals surface area contributed by atoms with Crippen LogP contribution in [-0.4, -0.2) is 172 Å². The van der Waals surface area contributed by atoms with Gasteiger partial charge in [0.2, 0.25) is 36.1 Å². The molecule has 0 aliphatic carbocycles. The fraction of sp³-hybridized carbons (Fsp3) is 0.531. The summed E-state index contributed by atoms with van der Waals surface area (Å²) in [6.07, 6.45) is -24.1. The number of hydrogen-bond acceptors (Lipinski definition) is 21. The minimum Gasteiger partial charge on any atom is -0.504 e. The highest BCUT2D eigenvalue weighted by Crippen LogP contribution is 2.51. The number of aliphatic hydroxyl groups excluding tert-OH is 11. The van der Waals surface area contributed by atoms with E-state index in [1.165, 1.54) is 24.3 Å². The number of hydrogen-bond donors (Lipinski definition) is 13. The Morgan fingerprint density at radius 2 is 1.15 bits per heavy atom. The minimum atomic E-state index is -2.04. The lowest BCUT2D eigenvalue weighted by Gasteiger charge is -2.39. The highest BCUT2D eigenvalue weighted by molar-refractivity contribution is 5.95. The average molecular weight is 759 g/mol. The van der Waals surface area contributed by atoms with Gasteiger partial charge in [0, 0.05) is 11.6 Å². The van der Waals surface area contributed by atoms with E-state index in [1.54, 1.807) is 0 Å². The SMILES string of the molecule is O=c1cc(-c2ccc(OC3OC(CO)C(O)C(O)C3O)cc2)oc2c(OC3OC(CO)C(O)C(O)C3O)c(O)c(OC3OCC(O)C(O)C3O)c(O)c12. The molecule has 13 N–H and O–H groups in total. The number of ether oxygens (including phenoxy) is 6. The monoisotopic (exact) mass is 758 g/mol. The third-order valence-corrected chi connectivity index (χ3v) is 9.05. The standard InChI is InChI=1S/C32H38O21/c33-6-14-18(38)21(41)24(44)31(50-14)48-10-3-1-9(2-4-10)13-5-11(35)16-20(40)28(52-30-23(43)17(37)12(36)8-47-30)26(46)29(27(16)49-13)53-32-25(45)22(42)19(39)15(7-34)51-32/h1-5,12,14-15,17-19,21-25,30-34,36-46H,6-8H2. The molecule has 0 spiro atoms. The van der Waals surface area contributed by atoms with Crippen molar-refractivity contribution in [1.29, 1.82) is 0 Å². The molecule has 0 amide bonds. The van der Waals surface area contributed by atoms with E-state index in [1.807, 2.05) is 0 Å². The predicted molar refractivity (Wildman–Crippen MR) is 168 cm³/mol. The van der Waals surface area contributed by atoms with Gasteiger partial charge in [-0.2, -0.15) is 0 Å². The van der Waals surface area contributed by atoms with Gasteiger partial charge >= 0.3 is 0 Å². The summed E-state index contributed by atoms with van der Waals surface area (Å²) in [5.74, 6) is -4.21. The topological polar surface area (TPSA) is 349 Å². The molecule has 14 unspecified atom stereocenters. The second-order valence-electron chi connectivity index (χ2n) is 12.6. The Morgan fingerprint density at radius 1 is 0.623 bits per heavy atom. The van der Waals surface area contributed by atoms with Crippen molar-refractivity contribution in [1.82, 2.24) is 0 Å². The molecule has 2 aromatic carbocycles. The number of rotatable bonds is 9. The number of aliphatic hydroxyl groups is 11. The maximum Gasteiger partial charge on any atom is 0.229 e. The molecule has 3 fully saturated rings. The van der Waals surface area contributed by atoms with Crippen molar-refractivity contribution in [3.8, 4) is 40.1 Å². The molecule has 3 aromatic rings. The Hall–Kier alpha value is -3.91. The molecule has 3 saturated heterocycles. The van der Waals surface area contributed by atoms with Crippen LogP contribution in [0.5, 0.6) is 28.7 Å². The number of benzene rings is 2. The second-order valence-corrected chi connectivity index (χ2v) is 12.6. The lowest BCUT2D eigenvalue weighted by atomic mass is 9.99. The third kappa shape index (κ3) is 7.20. The van der Waals surface area contributed by atoms with Gasteiger partial charge in [-0.25, -0.2) is 0 Å². The highest BCUT2D eigenvalue weighted by atomic mass is 16.7. The third-order valence-electron chi connectivity index (χ3n) is 9.05. The minimum absolute atomic E-state index is 0.0506. The maximum atomic E-state index is 13.6. The first-order valence-corrected chi connectivity index (χ1v) is 16.1. The smallest absolute Gasteiger partial charge is 0.229 e. The van der Waals surface area contributed by atoms with E-state index in [2.05, 4.69) is 0 Å². The van der Waals surface area contributed by atoms with Gasteiger partial charge < -0.3 is 99.2 Å². The Bertz CT molecular complexity index is 1800. The second kappa shape index (κ2) is 15.4. The van der Waals surface area contributed by atoms with Gasteiger partial charge in [-0.3, -0.25) is 4.79 Å². The van der Waals surface area contributed by atoms with Crippen molar-refractivity contribution < 1.29 is 99.2 Å². The van der Waals surface area contributed by atoms with Crippen molar-refractivity contribution in [3.63, 3.8) is 0 Å². The summed E-state index contributed by atoms with van der Waals surface area (Å²) in [5, 5.41) is 133. The largest absolute Gasteiger partial charge is 0.504 e. The van der Waals surface area contributed by atoms with Gasteiger partial charge in [0.15, 0.2) is 16.8 Å². The molecular formula is C32H38O21. The summed E-state index contributed by atoms with van der Waals surface area (Å²) in [6, 6.07) is 6.30. The Kier molecular flexibility index (Phi) is 11.3. The molecule has 53 heavy (non-hydrogen) atoms. The van der Waals surface area contributed by atoms with Crippen molar-refractivity contribution >= 4 is 11.0 Å². The van der Waals surface area contributed by atoms with Crippen LogP contribution in [0.25, 0.3) is 22.3 Å². The fourth-order valence-electron chi connectivity index (χ4n) is 5.95. The number of phenols is 2. The van der Waals surface area contributed by atoms with E-state index < -0.39 is 145 Å². The first kappa shape index (κ1) is 38.8. The molecule has 6 rings (SSSR count). The van der Waals surface area contributed by atoms with E-state index in [-0.39, 0.29) is 17.1 Å². The molecule has 21 nitrogen and oxygen atoms in total. The molecule has 3 aliphatic rings. The Balaban J connectivity index is 1.39. The first-order chi connectivity index (χ1) is 25.2. The van der Waals surface area contributed by atoms with E-state index >= 15 is 0 Å². The molecule has 4 heterocycles. The zero-order chi connectivity index (χ0) is 38.5. The molecule has 14 atom stereocenters. The highest BCUT2D eigenvalue weighted by Gasteiger charge is 2.47. The first-order valence-electron chi connectivity index (χ1n) is 16.1. The number of aromatic hydroxyl groups is 2. The van der Waals surface area contributed by atoms with Crippen molar-refractivity contribution in [2.75, 3.05) is 19.8 Å². The van der Waals surface area contributed by atoms with Crippen LogP contribution in [0.1, 0.15) is 0 Å². The van der Waals surface area contributed by atoms with Crippen LogP contribution >= 0.6 is 0 Å². The number of fused-ring (bicyclic) bond motifs is 1. The van der Waals surface area contributed by atoms with Crippen molar-refractivity contribution in [3.05, 3.63) is 40.6 Å². The lowest BCUT2D eigenvalue weighted by Crippen LogP contribution is -2.60. The zero-order valence-electron chi connectivity index (χ0n) is 27.2. The molecule has 0 saturated carbocycles. The Morgan fingerprint density at radius 3 is 1.72 bits per heavy atom.